The molecule has 0 saturated carbocycles. The largest absolute Gasteiger partial charge is 0.508 e. The Kier molecular flexibility index (Phi) is 6.44. The molecule has 0 radical (unpaired) electrons. The van der Waals surface area contributed by atoms with E-state index in [4.69, 9.17) is 34.8 Å². The molecule has 2 aliphatic heterocycles. The number of aromatic hydroxyl groups is 1. The second-order valence-corrected chi connectivity index (χ2v) is 10.6. The zero-order valence-electron chi connectivity index (χ0n) is 19.4. The lowest BCUT2D eigenvalue weighted by Crippen LogP contribution is -2.57. The van der Waals surface area contributed by atoms with Gasteiger partial charge in [0.15, 0.2) is 0 Å². The maximum Gasteiger partial charge on any atom is 0.325 e. The molecule has 37 heavy (non-hydrogen) atoms. The molecule has 4 unspecified atom stereocenters. The van der Waals surface area contributed by atoms with Crippen molar-refractivity contribution in [1.82, 2.24) is 5.32 Å². The quantitative estimate of drug-likeness (QED) is 0.294. The maximum atomic E-state index is 14.0. The number of hydrogen-bond acceptors (Lipinski definition) is 5. The molecule has 10 heteroatoms. The topological polar surface area (TPSA) is 107 Å². The summed E-state index contributed by atoms with van der Waals surface area (Å²) in [4.78, 5) is 42.0. The van der Waals surface area contributed by atoms with E-state index in [1.54, 1.807) is 43.3 Å². The van der Waals surface area contributed by atoms with Crippen LogP contribution >= 0.6 is 34.8 Å². The summed E-state index contributed by atoms with van der Waals surface area (Å²) in [6.07, 6.45) is -0.132. The number of imide groups is 1. The molecule has 0 spiro atoms. The first kappa shape index (κ1) is 25.5. The van der Waals surface area contributed by atoms with E-state index in [9.17, 15) is 24.6 Å². The van der Waals surface area contributed by atoms with Crippen LogP contribution in [-0.2, 0) is 20.8 Å². The van der Waals surface area contributed by atoms with Gasteiger partial charge in [-0.3, -0.25) is 19.7 Å². The Morgan fingerprint density at radius 2 is 1.70 bits per heavy atom. The second kappa shape index (κ2) is 9.33. The third-order valence-electron chi connectivity index (χ3n) is 7.17. The van der Waals surface area contributed by atoms with Crippen LogP contribution in [0.1, 0.15) is 22.7 Å². The number of nitrogens with one attached hydrogen (secondary N) is 1. The zero-order valence-corrected chi connectivity index (χ0v) is 21.7. The summed E-state index contributed by atoms with van der Waals surface area (Å²) in [5, 5.41) is 23.9. The molecule has 0 aromatic heterocycles. The Labute approximate surface area is 227 Å². The van der Waals surface area contributed by atoms with E-state index in [1.165, 1.54) is 24.3 Å². The van der Waals surface area contributed by atoms with Gasteiger partial charge in [0.1, 0.15) is 11.3 Å². The molecule has 3 N–H and O–H groups in total. The number of carboxylic acid groups (broad SMARTS) is 1. The molecular weight excluding hydrogens is 539 g/mol. The number of nitrogens with zero attached hydrogens (tertiary/aromatic N) is 1. The highest BCUT2D eigenvalue weighted by atomic mass is 35.5. The highest BCUT2D eigenvalue weighted by Gasteiger charge is 2.69. The van der Waals surface area contributed by atoms with E-state index in [-0.39, 0.29) is 27.2 Å². The van der Waals surface area contributed by atoms with Gasteiger partial charge in [0.25, 0.3) is 0 Å². The van der Waals surface area contributed by atoms with Crippen molar-refractivity contribution in [1.29, 1.82) is 0 Å². The smallest absolute Gasteiger partial charge is 0.325 e. The predicted octanol–water partition coefficient (Wildman–Crippen LogP) is 5.18. The van der Waals surface area contributed by atoms with Crippen molar-refractivity contribution in [3.05, 3.63) is 92.4 Å². The Morgan fingerprint density at radius 1 is 1.03 bits per heavy atom. The van der Waals surface area contributed by atoms with E-state index in [0.29, 0.717) is 22.4 Å². The average molecular weight is 560 g/mol. The monoisotopic (exact) mass is 558 g/mol. The average Bonchev–Trinajstić information content (AvgIpc) is 3.32. The number of carbonyl (C=O) groups excluding carboxylic acids is 2. The first-order chi connectivity index (χ1) is 17.5. The summed E-state index contributed by atoms with van der Waals surface area (Å²) < 4.78 is 0. The van der Waals surface area contributed by atoms with Crippen LogP contribution < -0.4 is 10.2 Å². The minimum Gasteiger partial charge on any atom is -0.508 e. The van der Waals surface area contributed by atoms with E-state index in [1.807, 2.05) is 0 Å². The number of carbonyl (C=O) groups is 3. The van der Waals surface area contributed by atoms with Crippen molar-refractivity contribution in [2.75, 3.05) is 4.90 Å². The molecule has 3 aromatic carbocycles. The molecule has 0 aliphatic carbocycles. The maximum absolute atomic E-state index is 14.0. The molecule has 5 rings (SSSR count). The number of aliphatic carboxylic acids is 1. The van der Waals surface area contributed by atoms with E-state index < -0.39 is 41.2 Å². The molecule has 2 amide bonds. The van der Waals surface area contributed by atoms with Gasteiger partial charge in [0, 0.05) is 17.5 Å². The molecule has 190 valence electrons. The minimum atomic E-state index is -1.87. The number of rotatable bonds is 5. The Balaban J connectivity index is 1.71. The number of amides is 2. The predicted molar refractivity (Wildman–Crippen MR) is 140 cm³/mol. The number of phenols is 1. The summed E-state index contributed by atoms with van der Waals surface area (Å²) in [6.45, 7) is 1.77. The minimum absolute atomic E-state index is 0.0152. The van der Waals surface area contributed by atoms with Gasteiger partial charge in [-0.1, -0.05) is 65.1 Å². The molecule has 0 bridgehead atoms. The van der Waals surface area contributed by atoms with Crippen LogP contribution in [-0.4, -0.2) is 33.5 Å². The van der Waals surface area contributed by atoms with Crippen molar-refractivity contribution in [3.8, 4) is 5.75 Å². The first-order valence-corrected chi connectivity index (χ1v) is 12.6. The molecule has 2 heterocycles. The summed E-state index contributed by atoms with van der Waals surface area (Å²) in [5.74, 6) is -4.79. The molecule has 7 nitrogen and oxygen atoms in total. The third kappa shape index (κ3) is 4.07. The number of carboxylic acids is 1. The number of anilines is 1. The number of phenolic OH excluding ortho intramolecular Hbond substituents is 1. The van der Waals surface area contributed by atoms with Gasteiger partial charge in [-0.2, -0.15) is 0 Å². The van der Waals surface area contributed by atoms with Gasteiger partial charge in [-0.15, -0.1) is 0 Å². The number of para-hydroxylation sites is 1. The number of fused-ring (bicyclic) bond motifs is 1. The van der Waals surface area contributed by atoms with Crippen LogP contribution in [0.3, 0.4) is 0 Å². The highest BCUT2D eigenvalue weighted by Crippen LogP contribution is 2.53. The summed E-state index contributed by atoms with van der Waals surface area (Å²) in [6, 6.07) is 15.0. The SMILES string of the molecule is Cc1ccccc1N1C(=O)C2C(c3cc(Cl)cc(Cl)c3Cl)NC(Cc3ccc(O)cc3)(C(=O)O)C2C1=O. The summed E-state index contributed by atoms with van der Waals surface area (Å²) >= 11 is 19.1. The lowest BCUT2D eigenvalue weighted by molar-refractivity contribution is -0.148. The highest BCUT2D eigenvalue weighted by molar-refractivity contribution is 6.43. The second-order valence-electron chi connectivity index (χ2n) is 9.33. The van der Waals surface area contributed by atoms with Gasteiger partial charge in [0.05, 0.1) is 27.6 Å². The van der Waals surface area contributed by atoms with Crippen molar-refractivity contribution >= 4 is 58.3 Å². The van der Waals surface area contributed by atoms with Crippen LogP contribution in [0.5, 0.6) is 5.75 Å². The Bertz CT molecular complexity index is 1440. The number of halogens is 3. The van der Waals surface area contributed by atoms with Crippen LogP contribution in [0, 0.1) is 18.8 Å². The van der Waals surface area contributed by atoms with E-state index >= 15 is 0 Å². The lowest BCUT2D eigenvalue weighted by atomic mass is 9.76. The molecule has 4 atom stereocenters. The van der Waals surface area contributed by atoms with Crippen LogP contribution in [0.15, 0.2) is 60.7 Å². The Morgan fingerprint density at radius 3 is 2.35 bits per heavy atom. The van der Waals surface area contributed by atoms with Crippen molar-refractivity contribution in [3.63, 3.8) is 0 Å². The summed E-state index contributed by atoms with van der Waals surface area (Å²) in [5.41, 5.74) is 0.101. The molecule has 2 fully saturated rings. The number of benzene rings is 3. The van der Waals surface area contributed by atoms with Gasteiger partial charge in [-0.25, -0.2) is 4.90 Å². The van der Waals surface area contributed by atoms with Crippen molar-refractivity contribution in [2.45, 2.75) is 24.9 Å². The lowest BCUT2D eigenvalue weighted by Gasteiger charge is -2.31. The Hall–Kier alpha value is -3.10. The van der Waals surface area contributed by atoms with Crippen LogP contribution in [0.25, 0.3) is 0 Å². The first-order valence-electron chi connectivity index (χ1n) is 11.4. The standard InChI is InChI=1S/C27H21Cl3N2O5/c1-13-4-2-3-5-19(13)32-24(34)20-21(25(32)35)27(26(36)37,12-14-6-8-16(33)9-7-14)31-23(20)17-10-15(28)11-18(29)22(17)30/h2-11,20-21,23,31,33H,12H2,1H3,(H,36,37). The third-order valence-corrected chi connectivity index (χ3v) is 8.20. The number of hydrogen-bond donors (Lipinski definition) is 3. The van der Waals surface area contributed by atoms with E-state index in [2.05, 4.69) is 5.32 Å². The van der Waals surface area contributed by atoms with Gasteiger partial charge in [0.2, 0.25) is 11.8 Å². The van der Waals surface area contributed by atoms with Gasteiger partial charge >= 0.3 is 5.97 Å². The molecule has 3 aromatic rings. The van der Waals surface area contributed by atoms with Gasteiger partial charge < -0.3 is 10.2 Å². The van der Waals surface area contributed by atoms with Crippen LogP contribution in [0.4, 0.5) is 5.69 Å². The fourth-order valence-corrected chi connectivity index (χ4v) is 6.23. The molecular formula is C27H21Cl3N2O5. The van der Waals surface area contributed by atoms with Crippen molar-refractivity contribution < 1.29 is 24.6 Å². The summed E-state index contributed by atoms with van der Waals surface area (Å²) in [7, 11) is 0. The van der Waals surface area contributed by atoms with Gasteiger partial charge in [-0.05, 0) is 53.9 Å². The van der Waals surface area contributed by atoms with E-state index in [0.717, 1.165) is 4.90 Å². The zero-order chi connectivity index (χ0) is 26.6. The fraction of sp³-hybridized carbons (Fsp3) is 0.222. The number of aryl methyl sites for hydroxylation is 1. The van der Waals surface area contributed by atoms with Crippen molar-refractivity contribution in [2.24, 2.45) is 11.8 Å². The normalized spacial score (nSPS) is 25.0. The fourth-order valence-electron chi connectivity index (χ4n) is 5.49. The van der Waals surface area contributed by atoms with Crippen LogP contribution in [0.2, 0.25) is 15.1 Å². The molecule has 2 saturated heterocycles. The molecule has 2 aliphatic rings.